The van der Waals surface area contributed by atoms with E-state index >= 15 is 0 Å². The quantitative estimate of drug-likeness (QED) is 0.551. The molecule has 0 saturated carbocycles. The summed E-state index contributed by atoms with van der Waals surface area (Å²) in [4.78, 5) is 25.7. The molecule has 2 amide bonds. The molecule has 0 atom stereocenters. The highest BCUT2D eigenvalue weighted by atomic mass is 79.9. The van der Waals surface area contributed by atoms with Crippen molar-refractivity contribution < 1.29 is 14.3 Å². The molecule has 0 spiro atoms. The first-order valence-electron chi connectivity index (χ1n) is 7.83. The number of imide groups is 1. The topological polar surface area (TPSA) is 70.4 Å². The number of benzene rings is 2. The van der Waals surface area contributed by atoms with E-state index in [2.05, 4.69) is 22.0 Å². The van der Waals surface area contributed by atoms with Gasteiger partial charge in [0.05, 0.1) is 29.4 Å². The molecule has 0 aromatic heterocycles. The number of nitrogens with zero attached hydrogens (tertiary/aromatic N) is 2. The van der Waals surface area contributed by atoms with Gasteiger partial charge in [-0.2, -0.15) is 5.26 Å². The molecule has 0 saturated heterocycles. The highest BCUT2D eigenvalue weighted by Crippen LogP contribution is 2.22. The van der Waals surface area contributed by atoms with Crippen LogP contribution in [0.4, 0.5) is 0 Å². The van der Waals surface area contributed by atoms with Crippen molar-refractivity contribution in [3.8, 4) is 6.07 Å². The fraction of sp³-hybridized carbons (Fsp3) is 0.211. The van der Waals surface area contributed by atoms with Crippen LogP contribution in [0, 0.1) is 11.3 Å². The Balaban J connectivity index is 1.50. The maximum atomic E-state index is 12.2. The number of hydrogen-bond donors (Lipinski definition) is 0. The van der Waals surface area contributed by atoms with Gasteiger partial charge in [0.1, 0.15) is 0 Å². The van der Waals surface area contributed by atoms with E-state index in [9.17, 15) is 9.59 Å². The first-order valence-corrected chi connectivity index (χ1v) is 8.62. The van der Waals surface area contributed by atoms with Crippen LogP contribution in [0.3, 0.4) is 0 Å². The number of fused-ring (bicyclic) bond motifs is 1. The van der Waals surface area contributed by atoms with E-state index in [1.54, 1.807) is 30.3 Å². The SMILES string of the molecule is N#Cc1cc(Br)ccc1COCCCN1C(=O)c2ccccc2C1=O. The molecule has 3 rings (SSSR count). The lowest BCUT2D eigenvalue weighted by atomic mass is 10.1. The minimum atomic E-state index is -0.250. The van der Waals surface area contributed by atoms with Gasteiger partial charge < -0.3 is 4.74 Å². The third-order valence-corrected chi connectivity index (χ3v) is 4.49. The number of carbonyl (C=O) groups excluding carboxylic acids is 2. The molecule has 0 bridgehead atoms. The molecule has 1 heterocycles. The van der Waals surface area contributed by atoms with Gasteiger partial charge in [0.25, 0.3) is 11.8 Å². The van der Waals surface area contributed by atoms with Crippen molar-refractivity contribution in [3.63, 3.8) is 0 Å². The minimum absolute atomic E-state index is 0.250. The van der Waals surface area contributed by atoms with Crippen LogP contribution in [0.1, 0.15) is 38.3 Å². The molecule has 1 aliphatic heterocycles. The summed E-state index contributed by atoms with van der Waals surface area (Å²) in [6.45, 7) is 1.03. The Bertz CT molecular complexity index is 838. The van der Waals surface area contributed by atoms with E-state index in [0.29, 0.717) is 42.9 Å². The van der Waals surface area contributed by atoms with E-state index in [1.165, 1.54) is 4.90 Å². The molecular weight excluding hydrogens is 384 g/mol. The standard InChI is InChI=1S/C19H15BrN2O3/c20-15-7-6-13(14(10-15)11-21)12-25-9-3-8-22-18(23)16-4-1-2-5-17(16)19(22)24/h1-2,4-7,10H,3,8-9,12H2. The first-order chi connectivity index (χ1) is 12.1. The van der Waals surface area contributed by atoms with Gasteiger partial charge in [0.2, 0.25) is 0 Å². The number of ether oxygens (including phenoxy) is 1. The summed E-state index contributed by atoms with van der Waals surface area (Å²) in [7, 11) is 0. The van der Waals surface area contributed by atoms with Crippen LogP contribution in [0.2, 0.25) is 0 Å². The normalized spacial score (nSPS) is 13.0. The maximum absolute atomic E-state index is 12.2. The number of carbonyl (C=O) groups is 2. The van der Waals surface area contributed by atoms with Crippen molar-refractivity contribution in [1.82, 2.24) is 4.90 Å². The number of hydrogen-bond acceptors (Lipinski definition) is 4. The molecule has 0 aliphatic carbocycles. The monoisotopic (exact) mass is 398 g/mol. The predicted molar refractivity (Wildman–Crippen MR) is 94.9 cm³/mol. The van der Waals surface area contributed by atoms with Crippen LogP contribution in [-0.4, -0.2) is 29.9 Å². The highest BCUT2D eigenvalue weighted by Gasteiger charge is 2.34. The summed E-state index contributed by atoms with van der Waals surface area (Å²) in [5.41, 5.74) is 2.30. The molecule has 0 N–H and O–H groups in total. The first kappa shape index (κ1) is 17.3. The summed E-state index contributed by atoms with van der Waals surface area (Å²) >= 11 is 3.33. The lowest BCUT2D eigenvalue weighted by molar-refractivity contribution is 0.0619. The van der Waals surface area contributed by atoms with E-state index in [1.807, 2.05) is 12.1 Å². The number of rotatable bonds is 6. The third kappa shape index (κ3) is 3.63. The van der Waals surface area contributed by atoms with Gasteiger partial charge in [-0.3, -0.25) is 14.5 Å². The Morgan fingerprint density at radius 3 is 2.40 bits per heavy atom. The van der Waals surface area contributed by atoms with Crippen LogP contribution < -0.4 is 0 Å². The summed E-state index contributed by atoms with van der Waals surface area (Å²) in [6, 6.07) is 14.4. The molecular formula is C19H15BrN2O3. The molecule has 0 fully saturated rings. The van der Waals surface area contributed by atoms with Crippen LogP contribution in [0.5, 0.6) is 0 Å². The van der Waals surface area contributed by atoms with Gasteiger partial charge >= 0.3 is 0 Å². The van der Waals surface area contributed by atoms with Gasteiger partial charge in [-0.05, 0) is 36.2 Å². The molecule has 25 heavy (non-hydrogen) atoms. The number of amides is 2. The molecule has 0 radical (unpaired) electrons. The average molecular weight is 399 g/mol. The van der Waals surface area contributed by atoms with Crippen molar-refractivity contribution in [2.24, 2.45) is 0 Å². The Hall–Kier alpha value is -2.49. The van der Waals surface area contributed by atoms with Crippen LogP contribution in [0.25, 0.3) is 0 Å². The summed E-state index contributed by atoms with van der Waals surface area (Å²) < 4.78 is 6.44. The van der Waals surface area contributed by atoms with Gasteiger partial charge in [0, 0.05) is 17.6 Å². The summed E-state index contributed by atoms with van der Waals surface area (Å²) in [5.74, 6) is -0.499. The zero-order valence-corrected chi connectivity index (χ0v) is 15.0. The highest BCUT2D eigenvalue weighted by molar-refractivity contribution is 9.10. The fourth-order valence-electron chi connectivity index (χ4n) is 2.73. The molecule has 5 nitrogen and oxygen atoms in total. The van der Waals surface area contributed by atoms with Crippen molar-refractivity contribution in [2.75, 3.05) is 13.2 Å². The molecule has 2 aromatic carbocycles. The summed E-state index contributed by atoms with van der Waals surface area (Å²) in [5, 5.41) is 9.13. The van der Waals surface area contributed by atoms with E-state index in [-0.39, 0.29) is 11.8 Å². The Morgan fingerprint density at radius 2 is 1.76 bits per heavy atom. The zero-order chi connectivity index (χ0) is 17.8. The average Bonchev–Trinajstić information content (AvgIpc) is 2.87. The van der Waals surface area contributed by atoms with Crippen molar-refractivity contribution in [3.05, 3.63) is 69.2 Å². The van der Waals surface area contributed by atoms with Crippen LogP contribution in [-0.2, 0) is 11.3 Å². The van der Waals surface area contributed by atoms with E-state index in [0.717, 1.165) is 10.0 Å². The molecule has 1 aliphatic rings. The second-order valence-corrected chi connectivity index (χ2v) is 6.54. The zero-order valence-electron chi connectivity index (χ0n) is 13.4. The fourth-order valence-corrected chi connectivity index (χ4v) is 3.09. The predicted octanol–water partition coefficient (Wildman–Crippen LogP) is 3.52. The lowest BCUT2D eigenvalue weighted by Gasteiger charge is -2.13. The van der Waals surface area contributed by atoms with E-state index in [4.69, 9.17) is 10.00 Å². The van der Waals surface area contributed by atoms with Gasteiger partial charge in [-0.15, -0.1) is 0 Å². The Kier molecular flexibility index (Phi) is 5.27. The van der Waals surface area contributed by atoms with Gasteiger partial charge in [-0.1, -0.05) is 34.1 Å². The summed E-state index contributed by atoms with van der Waals surface area (Å²) in [6.07, 6.45) is 0.546. The van der Waals surface area contributed by atoms with Gasteiger partial charge in [-0.25, -0.2) is 0 Å². The molecule has 0 unspecified atom stereocenters. The minimum Gasteiger partial charge on any atom is -0.377 e. The smallest absolute Gasteiger partial charge is 0.261 e. The van der Waals surface area contributed by atoms with Crippen molar-refractivity contribution in [1.29, 1.82) is 5.26 Å². The lowest BCUT2D eigenvalue weighted by Crippen LogP contribution is -2.31. The van der Waals surface area contributed by atoms with Crippen LogP contribution in [0.15, 0.2) is 46.9 Å². The molecule has 126 valence electrons. The number of halogens is 1. The number of nitriles is 1. The Morgan fingerprint density at radius 1 is 1.08 bits per heavy atom. The van der Waals surface area contributed by atoms with Crippen molar-refractivity contribution in [2.45, 2.75) is 13.0 Å². The largest absolute Gasteiger partial charge is 0.377 e. The van der Waals surface area contributed by atoms with Crippen molar-refractivity contribution >= 4 is 27.7 Å². The molecule has 6 heteroatoms. The van der Waals surface area contributed by atoms with Gasteiger partial charge in [0.15, 0.2) is 0 Å². The maximum Gasteiger partial charge on any atom is 0.261 e. The Labute approximate surface area is 153 Å². The second-order valence-electron chi connectivity index (χ2n) is 5.63. The third-order valence-electron chi connectivity index (χ3n) is 4.00. The second kappa shape index (κ2) is 7.60. The van der Waals surface area contributed by atoms with E-state index < -0.39 is 0 Å². The molecule has 2 aromatic rings. The van der Waals surface area contributed by atoms with Crippen LogP contribution >= 0.6 is 15.9 Å².